The lowest BCUT2D eigenvalue weighted by Crippen LogP contribution is -2.24. The van der Waals surface area contributed by atoms with E-state index in [1.165, 1.54) is 12.8 Å². The fraction of sp³-hybridized carbons (Fsp3) is 0.700. The van der Waals surface area contributed by atoms with Crippen LogP contribution in [0.15, 0.2) is 10.6 Å². The van der Waals surface area contributed by atoms with E-state index >= 15 is 0 Å². The molecule has 1 saturated heterocycles. The Kier molecular flexibility index (Phi) is 2.12. The summed E-state index contributed by atoms with van der Waals surface area (Å²) < 4.78 is 5.28. The van der Waals surface area contributed by atoms with Gasteiger partial charge in [-0.05, 0) is 33.7 Å². The summed E-state index contributed by atoms with van der Waals surface area (Å²) in [7, 11) is 2.15. The first-order valence-electron chi connectivity index (χ1n) is 4.83. The zero-order valence-corrected chi connectivity index (χ0v) is 8.45. The molecule has 1 aromatic heterocycles. The molecule has 13 heavy (non-hydrogen) atoms. The maximum Gasteiger partial charge on any atom is 0.154 e. The maximum atomic E-state index is 5.28. The van der Waals surface area contributed by atoms with Crippen LogP contribution in [-0.4, -0.2) is 23.1 Å². The number of aryl methyl sites for hydroxylation is 1. The number of hydrogen-bond acceptors (Lipinski definition) is 3. The lowest BCUT2D eigenvalue weighted by Gasteiger charge is -2.20. The minimum atomic E-state index is 0.441. The molecule has 0 radical (unpaired) electrons. The summed E-state index contributed by atoms with van der Waals surface area (Å²) in [5.41, 5.74) is 0.975. The van der Waals surface area contributed by atoms with E-state index in [9.17, 15) is 0 Å². The molecule has 0 amide bonds. The van der Waals surface area contributed by atoms with Crippen LogP contribution in [0.25, 0.3) is 0 Å². The Morgan fingerprint density at radius 3 is 2.77 bits per heavy atom. The molecule has 0 aromatic carbocycles. The topological polar surface area (TPSA) is 29.3 Å². The third-order valence-electron chi connectivity index (χ3n) is 3.02. The van der Waals surface area contributed by atoms with Crippen molar-refractivity contribution in [1.82, 2.24) is 10.1 Å². The van der Waals surface area contributed by atoms with Gasteiger partial charge in [0.25, 0.3) is 0 Å². The van der Waals surface area contributed by atoms with Gasteiger partial charge in [0.1, 0.15) is 0 Å². The van der Waals surface area contributed by atoms with Crippen molar-refractivity contribution in [3.05, 3.63) is 17.5 Å². The molecule has 0 N–H and O–H groups in total. The molecule has 1 fully saturated rings. The zero-order valence-electron chi connectivity index (χ0n) is 8.45. The highest BCUT2D eigenvalue weighted by atomic mass is 16.5. The van der Waals surface area contributed by atoms with Crippen molar-refractivity contribution in [3.8, 4) is 0 Å². The molecule has 72 valence electrons. The molecule has 2 atom stereocenters. The summed E-state index contributed by atoms with van der Waals surface area (Å²) >= 11 is 0. The second-order valence-electron chi connectivity index (χ2n) is 3.98. The fourth-order valence-electron chi connectivity index (χ4n) is 2.00. The van der Waals surface area contributed by atoms with Crippen LogP contribution in [0.2, 0.25) is 0 Å². The Morgan fingerprint density at radius 2 is 2.31 bits per heavy atom. The molecule has 0 saturated carbocycles. The molecule has 0 spiro atoms. The predicted octanol–water partition coefficient (Wildman–Crippen LogP) is 2.14. The first kappa shape index (κ1) is 8.75. The molecule has 3 nitrogen and oxygen atoms in total. The van der Waals surface area contributed by atoms with Crippen LogP contribution >= 0.6 is 0 Å². The number of aromatic nitrogens is 1. The summed E-state index contributed by atoms with van der Waals surface area (Å²) in [5, 5.41) is 3.92. The van der Waals surface area contributed by atoms with Crippen LogP contribution in [0.1, 0.15) is 37.3 Å². The van der Waals surface area contributed by atoms with Crippen molar-refractivity contribution >= 4 is 0 Å². The van der Waals surface area contributed by atoms with E-state index in [1.54, 1.807) is 0 Å². The SMILES string of the molecule is Cc1cc([C@H]2CC[C@H](C)N2C)on1. The summed E-state index contributed by atoms with van der Waals surface area (Å²) in [6, 6.07) is 3.14. The Hall–Kier alpha value is -0.830. The van der Waals surface area contributed by atoms with E-state index in [0.29, 0.717) is 12.1 Å². The van der Waals surface area contributed by atoms with Gasteiger partial charge in [0.15, 0.2) is 5.76 Å². The van der Waals surface area contributed by atoms with E-state index in [2.05, 4.69) is 24.0 Å². The monoisotopic (exact) mass is 180 g/mol. The normalized spacial score (nSPS) is 29.8. The third kappa shape index (κ3) is 1.48. The van der Waals surface area contributed by atoms with Crippen LogP contribution in [0, 0.1) is 6.92 Å². The van der Waals surface area contributed by atoms with Crippen molar-refractivity contribution < 1.29 is 4.52 Å². The first-order chi connectivity index (χ1) is 6.18. The van der Waals surface area contributed by atoms with Crippen molar-refractivity contribution in [1.29, 1.82) is 0 Å². The van der Waals surface area contributed by atoms with Crippen molar-refractivity contribution in [2.75, 3.05) is 7.05 Å². The Labute approximate surface area is 78.7 Å². The van der Waals surface area contributed by atoms with E-state index in [4.69, 9.17) is 4.52 Å². The van der Waals surface area contributed by atoms with E-state index < -0.39 is 0 Å². The first-order valence-corrected chi connectivity index (χ1v) is 4.83. The molecule has 3 heteroatoms. The average molecular weight is 180 g/mol. The van der Waals surface area contributed by atoms with Crippen LogP contribution < -0.4 is 0 Å². The minimum Gasteiger partial charge on any atom is -0.359 e. The fourth-order valence-corrected chi connectivity index (χ4v) is 2.00. The van der Waals surface area contributed by atoms with Crippen LogP contribution in [0.4, 0.5) is 0 Å². The molecule has 1 aromatic rings. The van der Waals surface area contributed by atoms with E-state index in [1.807, 2.05) is 13.0 Å². The molecule has 0 unspecified atom stereocenters. The lowest BCUT2D eigenvalue weighted by atomic mass is 10.1. The number of nitrogens with zero attached hydrogens (tertiary/aromatic N) is 2. The van der Waals surface area contributed by atoms with Gasteiger partial charge in [0, 0.05) is 12.1 Å². The molecule has 2 heterocycles. The molecule has 0 bridgehead atoms. The van der Waals surface area contributed by atoms with Crippen molar-refractivity contribution in [2.24, 2.45) is 0 Å². The summed E-state index contributed by atoms with van der Waals surface area (Å²) in [6.45, 7) is 4.22. The van der Waals surface area contributed by atoms with Gasteiger partial charge < -0.3 is 4.52 Å². The zero-order chi connectivity index (χ0) is 9.42. The molecular formula is C10H16N2O. The van der Waals surface area contributed by atoms with E-state index in [0.717, 1.165) is 11.5 Å². The van der Waals surface area contributed by atoms with Crippen molar-refractivity contribution in [3.63, 3.8) is 0 Å². The maximum absolute atomic E-state index is 5.28. The summed E-state index contributed by atoms with van der Waals surface area (Å²) in [4.78, 5) is 2.36. The minimum absolute atomic E-state index is 0.441. The molecule has 1 aliphatic heterocycles. The third-order valence-corrected chi connectivity index (χ3v) is 3.02. The van der Waals surface area contributed by atoms with Gasteiger partial charge in [-0.3, -0.25) is 4.90 Å². The lowest BCUT2D eigenvalue weighted by molar-refractivity contribution is 0.215. The average Bonchev–Trinajstić information content (AvgIpc) is 2.62. The number of rotatable bonds is 1. The van der Waals surface area contributed by atoms with E-state index in [-0.39, 0.29) is 0 Å². The van der Waals surface area contributed by atoms with Gasteiger partial charge in [0.2, 0.25) is 0 Å². The molecule has 1 aliphatic rings. The van der Waals surface area contributed by atoms with Crippen LogP contribution in [0.3, 0.4) is 0 Å². The summed E-state index contributed by atoms with van der Waals surface area (Å²) in [5.74, 6) is 1.02. The van der Waals surface area contributed by atoms with Gasteiger partial charge in [-0.25, -0.2) is 0 Å². The summed E-state index contributed by atoms with van der Waals surface area (Å²) in [6.07, 6.45) is 2.44. The standard InChI is InChI=1S/C10H16N2O/c1-7-6-10(13-11-7)9-5-4-8(2)12(9)3/h6,8-9H,4-5H2,1-3H3/t8-,9+/m0/s1. The van der Waals surface area contributed by atoms with Crippen LogP contribution in [-0.2, 0) is 0 Å². The van der Waals surface area contributed by atoms with Gasteiger partial charge in [0.05, 0.1) is 11.7 Å². The highest BCUT2D eigenvalue weighted by molar-refractivity contribution is 5.09. The highest BCUT2D eigenvalue weighted by Gasteiger charge is 2.30. The molecule has 2 rings (SSSR count). The quantitative estimate of drug-likeness (QED) is 0.663. The number of hydrogen-bond donors (Lipinski definition) is 0. The van der Waals surface area contributed by atoms with Gasteiger partial charge in [-0.15, -0.1) is 0 Å². The Balaban J connectivity index is 2.18. The van der Waals surface area contributed by atoms with Gasteiger partial charge in [-0.2, -0.15) is 0 Å². The highest BCUT2D eigenvalue weighted by Crippen LogP contribution is 2.34. The molecular weight excluding hydrogens is 164 g/mol. The Bertz CT molecular complexity index is 295. The van der Waals surface area contributed by atoms with Gasteiger partial charge in [-0.1, -0.05) is 5.16 Å². The van der Waals surface area contributed by atoms with Crippen LogP contribution in [0.5, 0.6) is 0 Å². The molecule has 0 aliphatic carbocycles. The van der Waals surface area contributed by atoms with Crippen molar-refractivity contribution in [2.45, 2.75) is 38.8 Å². The Morgan fingerprint density at radius 1 is 1.54 bits per heavy atom. The second kappa shape index (κ2) is 3.14. The number of likely N-dealkylation sites (tertiary alicyclic amines) is 1. The predicted molar refractivity (Wildman–Crippen MR) is 50.4 cm³/mol. The second-order valence-corrected chi connectivity index (χ2v) is 3.98. The largest absolute Gasteiger partial charge is 0.359 e. The smallest absolute Gasteiger partial charge is 0.154 e. The van der Waals surface area contributed by atoms with Gasteiger partial charge >= 0.3 is 0 Å².